The lowest BCUT2D eigenvalue weighted by Gasteiger charge is -2.23. The van der Waals surface area contributed by atoms with Crippen LogP contribution in [-0.4, -0.2) is 33.3 Å². The van der Waals surface area contributed by atoms with Crippen molar-refractivity contribution in [3.63, 3.8) is 0 Å². The second-order valence-electron chi connectivity index (χ2n) is 5.78. The van der Waals surface area contributed by atoms with E-state index in [0.29, 0.717) is 32.4 Å². The summed E-state index contributed by atoms with van der Waals surface area (Å²) in [4.78, 5) is 12.1. The van der Waals surface area contributed by atoms with Crippen molar-refractivity contribution in [2.45, 2.75) is 13.1 Å². The molecule has 1 heterocycles. The van der Waals surface area contributed by atoms with Gasteiger partial charge in [-0.1, -0.05) is 11.6 Å². The number of rotatable bonds is 6. The fraction of sp³-hybridized carbons (Fsp3) is 0.250. The summed E-state index contributed by atoms with van der Waals surface area (Å²) in [6.07, 6.45) is -2.80. The molecular formula is C16H14BrClF3N3O4S. The Balaban J connectivity index is 2.23. The van der Waals surface area contributed by atoms with Crippen LogP contribution < -0.4 is 9.73 Å². The van der Waals surface area contributed by atoms with E-state index in [1.165, 1.54) is 6.21 Å². The normalized spacial score (nSPS) is 12.4. The molecule has 29 heavy (non-hydrogen) atoms. The Morgan fingerprint density at radius 2 is 2.03 bits per heavy atom. The molecule has 2 rings (SSSR count). The van der Waals surface area contributed by atoms with E-state index >= 15 is 0 Å². The summed E-state index contributed by atoms with van der Waals surface area (Å²) in [7, 11) is -4.13. The Morgan fingerprint density at radius 3 is 2.55 bits per heavy atom. The monoisotopic (exact) mass is 515 g/mol. The van der Waals surface area contributed by atoms with E-state index in [0.717, 1.165) is 12.3 Å². The summed E-state index contributed by atoms with van der Waals surface area (Å²) in [5.74, 6) is -0.00159. The van der Waals surface area contributed by atoms with Crippen LogP contribution in [0.5, 0.6) is 0 Å². The number of nitrogens with zero attached hydrogens (tertiary/aromatic N) is 2. The molecule has 1 amide bonds. The van der Waals surface area contributed by atoms with Gasteiger partial charge in [-0.05, 0) is 41.1 Å². The average molecular weight is 517 g/mol. The third kappa shape index (κ3) is 6.21. The van der Waals surface area contributed by atoms with Crippen LogP contribution >= 0.6 is 27.5 Å². The Hall–Kier alpha value is -2.05. The van der Waals surface area contributed by atoms with Gasteiger partial charge in [-0.3, -0.25) is 9.10 Å². The lowest BCUT2D eigenvalue weighted by Crippen LogP contribution is -2.39. The number of alkyl halides is 3. The molecule has 0 aliphatic carbocycles. The lowest BCUT2D eigenvalue weighted by atomic mass is 10.2. The maximum absolute atomic E-state index is 13.0. The number of nitrogens with one attached hydrogen (secondary N) is 1. The summed E-state index contributed by atoms with van der Waals surface area (Å²) in [6.45, 7) is 0.862. The van der Waals surface area contributed by atoms with Crippen molar-refractivity contribution in [1.29, 1.82) is 0 Å². The number of halogens is 5. The fourth-order valence-electron chi connectivity index (χ4n) is 2.14. The quantitative estimate of drug-likeness (QED) is 0.465. The van der Waals surface area contributed by atoms with E-state index in [2.05, 4.69) is 26.5 Å². The van der Waals surface area contributed by atoms with Crippen LogP contribution in [0.1, 0.15) is 17.1 Å². The van der Waals surface area contributed by atoms with Crippen molar-refractivity contribution < 1.29 is 30.8 Å². The van der Waals surface area contributed by atoms with Gasteiger partial charge in [0, 0.05) is 6.07 Å². The molecule has 0 fully saturated rings. The number of hydrogen-bond acceptors (Lipinski definition) is 5. The van der Waals surface area contributed by atoms with Gasteiger partial charge in [0.2, 0.25) is 10.0 Å². The van der Waals surface area contributed by atoms with Crippen LogP contribution in [0.2, 0.25) is 5.02 Å². The molecule has 1 aromatic heterocycles. The summed E-state index contributed by atoms with van der Waals surface area (Å²) in [5, 5.41) is 3.36. The van der Waals surface area contributed by atoms with Gasteiger partial charge in [0.15, 0.2) is 0 Å². The molecule has 158 valence electrons. The molecule has 0 unspecified atom stereocenters. The zero-order chi connectivity index (χ0) is 22.0. The highest BCUT2D eigenvalue weighted by atomic mass is 79.9. The molecule has 0 bridgehead atoms. The van der Waals surface area contributed by atoms with E-state index in [1.54, 1.807) is 13.0 Å². The Morgan fingerprint density at radius 1 is 1.38 bits per heavy atom. The molecule has 0 radical (unpaired) electrons. The minimum atomic E-state index is -4.72. The third-order valence-electron chi connectivity index (χ3n) is 3.49. The molecule has 7 nitrogen and oxygen atoms in total. The SMILES string of the molecule is Cc1oc(C=NNC(=O)CN(c2cc(C(F)(F)F)ccc2Cl)S(C)(=O)=O)cc1Br. The van der Waals surface area contributed by atoms with Crippen LogP contribution in [-0.2, 0) is 21.0 Å². The first-order valence-electron chi connectivity index (χ1n) is 7.71. The summed E-state index contributed by atoms with van der Waals surface area (Å²) in [6, 6.07) is 3.77. The fourth-order valence-corrected chi connectivity index (χ4v) is 3.58. The highest BCUT2D eigenvalue weighted by Gasteiger charge is 2.33. The number of aryl methyl sites for hydroxylation is 1. The summed E-state index contributed by atoms with van der Waals surface area (Å²) >= 11 is 9.12. The van der Waals surface area contributed by atoms with Crippen molar-refractivity contribution >= 4 is 55.4 Å². The van der Waals surface area contributed by atoms with Crippen LogP contribution in [0, 0.1) is 6.92 Å². The van der Waals surface area contributed by atoms with Crippen LogP contribution in [0.3, 0.4) is 0 Å². The van der Waals surface area contributed by atoms with Crippen molar-refractivity contribution in [2.75, 3.05) is 17.1 Å². The van der Waals surface area contributed by atoms with E-state index in [4.69, 9.17) is 16.0 Å². The molecule has 0 aliphatic rings. The summed E-state index contributed by atoms with van der Waals surface area (Å²) < 4.78 is 69.4. The zero-order valence-corrected chi connectivity index (χ0v) is 18.1. The minimum absolute atomic E-state index is 0.268. The van der Waals surface area contributed by atoms with Crippen LogP contribution in [0.15, 0.2) is 38.3 Å². The summed E-state index contributed by atoms with van der Waals surface area (Å²) in [5.41, 5.74) is 0.494. The van der Waals surface area contributed by atoms with Crippen molar-refractivity contribution in [3.05, 3.63) is 50.8 Å². The van der Waals surface area contributed by atoms with E-state index in [1.807, 2.05) is 0 Å². The maximum atomic E-state index is 13.0. The standard InChI is InChI=1S/C16H14BrClF3N3O4S/c1-9-12(17)6-11(28-9)7-22-23-15(25)8-24(29(2,26)27)14-5-10(16(19,20)21)3-4-13(14)18/h3-7H,8H2,1-2H3,(H,23,25). The van der Waals surface area contributed by atoms with Gasteiger partial charge < -0.3 is 4.42 Å². The predicted molar refractivity (Wildman–Crippen MR) is 106 cm³/mol. The van der Waals surface area contributed by atoms with E-state index < -0.39 is 39.9 Å². The second-order valence-corrected chi connectivity index (χ2v) is 8.95. The Labute approximate surface area is 177 Å². The minimum Gasteiger partial charge on any atom is -0.459 e. The first-order valence-corrected chi connectivity index (χ1v) is 10.7. The third-order valence-corrected chi connectivity index (χ3v) is 5.72. The molecule has 0 spiro atoms. The molecule has 1 aromatic carbocycles. The molecule has 0 aliphatic heterocycles. The molecule has 0 saturated heterocycles. The van der Waals surface area contributed by atoms with Gasteiger partial charge in [-0.25, -0.2) is 13.8 Å². The van der Waals surface area contributed by atoms with Crippen molar-refractivity contribution in [2.24, 2.45) is 5.10 Å². The number of sulfonamides is 1. The number of carbonyl (C=O) groups excluding carboxylic acids is 1. The van der Waals surface area contributed by atoms with Gasteiger partial charge in [0.05, 0.1) is 33.2 Å². The topological polar surface area (TPSA) is 92.0 Å². The first kappa shape index (κ1) is 23.2. The Bertz CT molecular complexity index is 1030. The number of furan rings is 1. The van der Waals surface area contributed by atoms with E-state index in [-0.39, 0.29) is 5.02 Å². The largest absolute Gasteiger partial charge is 0.459 e. The number of hydrogen-bond donors (Lipinski definition) is 1. The van der Waals surface area contributed by atoms with Gasteiger partial charge in [0.25, 0.3) is 5.91 Å². The first-order chi connectivity index (χ1) is 13.3. The molecule has 0 saturated carbocycles. The van der Waals surface area contributed by atoms with Gasteiger partial charge in [0.1, 0.15) is 18.1 Å². The highest BCUT2D eigenvalue weighted by molar-refractivity contribution is 9.10. The Kier molecular flexibility index (Phi) is 7.01. The number of carbonyl (C=O) groups is 1. The van der Waals surface area contributed by atoms with Crippen LogP contribution in [0.4, 0.5) is 18.9 Å². The van der Waals surface area contributed by atoms with Crippen molar-refractivity contribution in [3.8, 4) is 0 Å². The van der Waals surface area contributed by atoms with Crippen LogP contribution in [0.25, 0.3) is 0 Å². The number of benzene rings is 1. The zero-order valence-electron chi connectivity index (χ0n) is 14.9. The number of amides is 1. The maximum Gasteiger partial charge on any atom is 0.416 e. The number of anilines is 1. The average Bonchev–Trinajstić information content (AvgIpc) is 2.89. The predicted octanol–water partition coefficient (Wildman–Crippen LogP) is 3.94. The number of hydrazone groups is 1. The smallest absolute Gasteiger partial charge is 0.416 e. The molecule has 1 N–H and O–H groups in total. The lowest BCUT2D eigenvalue weighted by molar-refractivity contribution is -0.137. The van der Waals surface area contributed by atoms with Gasteiger partial charge in [-0.2, -0.15) is 18.3 Å². The van der Waals surface area contributed by atoms with Gasteiger partial charge >= 0.3 is 6.18 Å². The molecule has 13 heteroatoms. The van der Waals surface area contributed by atoms with Gasteiger partial charge in [-0.15, -0.1) is 0 Å². The van der Waals surface area contributed by atoms with Crippen molar-refractivity contribution in [1.82, 2.24) is 5.43 Å². The highest BCUT2D eigenvalue weighted by Crippen LogP contribution is 2.36. The molecule has 2 aromatic rings. The molecule has 0 atom stereocenters. The molecular weight excluding hydrogens is 503 g/mol. The van der Waals surface area contributed by atoms with E-state index in [9.17, 15) is 26.4 Å². The second kappa shape index (κ2) is 8.76.